The second kappa shape index (κ2) is 10.4. The zero-order chi connectivity index (χ0) is 19.7. The highest BCUT2D eigenvalue weighted by Gasteiger charge is 2.28. The maximum Gasteiger partial charge on any atom is 0.422 e. The molecule has 0 saturated carbocycles. The lowest BCUT2D eigenvalue weighted by Gasteiger charge is -2.30. The molecule has 1 aliphatic rings. The van der Waals surface area contributed by atoms with Gasteiger partial charge in [0.1, 0.15) is 5.75 Å². The molecule has 2 N–H and O–H groups in total. The van der Waals surface area contributed by atoms with Gasteiger partial charge in [-0.05, 0) is 63.4 Å². The van der Waals surface area contributed by atoms with Gasteiger partial charge in [-0.3, -0.25) is 0 Å². The zero-order valence-corrected chi connectivity index (χ0v) is 15.6. The molecule has 2 rings (SSSR count). The average molecular weight is 387 g/mol. The van der Waals surface area contributed by atoms with Crippen molar-refractivity contribution in [1.29, 1.82) is 0 Å². The lowest BCUT2D eigenvalue weighted by atomic mass is 9.99. The van der Waals surface area contributed by atoms with Gasteiger partial charge in [-0.2, -0.15) is 13.2 Å². The van der Waals surface area contributed by atoms with E-state index in [1.54, 1.807) is 6.07 Å². The van der Waals surface area contributed by atoms with E-state index >= 15 is 0 Å². The highest BCUT2D eigenvalue weighted by atomic mass is 19.4. The number of rotatable bonds is 8. The van der Waals surface area contributed by atoms with Gasteiger partial charge in [0.15, 0.2) is 6.61 Å². The van der Waals surface area contributed by atoms with Crippen LogP contribution in [0.25, 0.3) is 0 Å². The molecule has 0 aromatic heterocycles. The van der Waals surface area contributed by atoms with Gasteiger partial charge >= 0.3 is 12.2 Å². The Balaban J connectivity index is 1.61. The lowest BCUT2D eigenvalue weighted by molar-refractivity contribution is -0.153. The molecule has 1 heterocycles. The van der Waals surface area contributed by atoms with Gasteiger partial charge in [0, 0.05) is 18.3 Å². The number of nitrogens with zero attached hydrogens (tertiary/aromatic N) is 1. The second-order valence-electron chi connectivity index (χ2n) is 7.04. The number of alkyl halides is 3. The van der Waals surface area contributed by atoms with E-state index in [4.69, 9.17) is 0 Å². The van der Waals surface area contributed by atoms with Crippen molar-refractivity contribution in [3.63, 3.8) is 0 Å². The number of piperidine rings is 1. The fourth-order valence-corrected chi connectivity index (χ4v) is 2.95. The molecule has 0 aliphatic carbocycles. The van der Waals surface area contributed by atoms with Gasteiger partial charge in [0.05, 0.1) is 0 Å². The van der Waals surface area contributed by atoms with Crippen LogP contribution in [0.15, 0.2) is 24.3 Å². The summed E-state index contributed by atoms with van der Waals surface area (Å²) in [6.07, 6.45) is 0.0235. The van der Waals surface area contributed by atoms with Crippen LogP contribution in [-0.4, -0.2) is 49.9 Å². The van der Waals surface area contributed by atoms with Crippen molar-refractivity contribution in [3.05, 3.63) is 24.3 Å². The first-order chi connectivity index (χ1) is 12.8. The summed E-state index contributed by atoms with van der Waals surface area (Å²) in [5.41, 5.74) is 0.384. The minimum absolute atomic E-state index is 0.0565. The number of benzene rings is 1. The molecule has 0 unspecified atom stereocenters. The molecular weight excluding hydrogens is 359 g/mol. The van der Waals surface area contributed by atoms with Crippen LogP contribution < -0.4 is 15.4 Å². The molecule has 5 nitrogen and oxygen atoms in total. The minimum atomic E-state index is -4.40. The van der Waals surface area contributed by atoms with Crippen molar-refractivity contribution in [2.45, 2.75) is 38.8 Å². The van der Waals surface area contributed by atoms with Crippen molar-refractivity contribution >= 4 is 11.7 Å². The third-order valence-corrected chi connectivity index (χ3v) is 4.56. The molecule has 1 aromatic rings. The quantitative estimate of drug-likeness (QED) is 0.656. The molecule has 0 bridgehead atoms. The zero-order valence-electron chi connectivity index (χ0n) is 15.6. The molecule has 152 valence electrons. The molecule has 1 aromatic carbocycles. The number of amides is 2. The number of carbonyl (C=O) groups excluding carboxylic acids is 1. The van der Waals surface area contributed by atoms with Crippen LogP contribution in [0, 0.1) is 5.92 Å². The summed E-state index contributed by atoms with van der Waals surface area (Å²) in [5, 5.41) is 5.37. The summed E-state index contributed by atoms with van der Waals surface area (Å²) in [6, 6.07) is 5.52. The van der Waals surface area contributed by atoms with Crippen molar-refractivity contribution in [3.8, 4) is 5.75 Å². The fraction of sp³-hybridized carbons (Fsp3) is 0.632. The predicted molar refractivity (Wildman–Crippen MR) is 99.1 cm³/mol. The number of unbranched alkanes of at least 4 members (excludes halogenated alkanes) is 1. The van der Waals surface area contributed by atoms with Crippen molar-refractivity contribution in [2.24, 2.45) is 5.92 Å². The van der Waals surface area contributed by atoms with E-state index in [1.807, 2.05) is 0 Å². The number of urea groups is 1. The van der Waals surface area contributed by atoms with E-state index in [0.29, 0.717) is 12.2 Å². The lowest BCUT2D eigenvalue weighted by Crippen LogP contribution is -2.34. The molecule has 2 amide bonds. The Labute approximate surface area is 158 Å². The number of likely N-dealkylation sites (tertiary alicyclic amines) is 1. The summed E-state index contributed by atoms with van der Waals surface area (Å²) in [6.45, 7) is 4.84. The molecule has 1 aliphatic heterocycles. The molecule has 1 fully saturated rings. The highest BCUT2D eigenvalue weighted by Crippen LogP contribution is 2.21. The maximum absolute atomic E-state index is 12.2. The van der Waals surface area contributed by atoms with Crippen molar-refractivity contribution < 1.29 is 22.7 Å². The van der Waals surface area contributed by atoms with Gasteiger partial charge in [-0.1, -0.05) is 13.0 Å². The first kappa shape index (κ1) is 21.3. The number of nitrogens with one attached hydrogen (secondary N) is 2. The Bertz CT molecular complexity index is 588. The largest absolute Gasteiger partial charge is 0.484 e. The van der Waals surface area contributed by atoms with E-state index in [9.17, 15) is 18.0 Å². The Hall–Kier alpha value is -1.96. The molecule has 27 heavy (non-hydrogen) atoms. The third kappa shape index (κ3) is 8.99. The summed E-state index contributed by atoms with van der Waals surface area (Å²) in [7, 11) is 0. The Morgan fingerprint density at radius 2 is 2.00 bits per heavy atom. The number of anilines is 1. The summed E-state index contributed by atoms with van der Waals surface area (Å²) < 4.78 is 41.2. The van der Waals surface area contributed by atoms with Gasteiger partial charge in [0.2, 0.25) is 0 Å². The highest BCUT2D eigenvalue weighted by molar-refractivity contribution is 5.89. The van der Waals surface area contributed by atoms with Crippen LogP contribution in [0.1, 0.15) is 32.6 Å². The van der Waals surface area contributed by atoms with E-state index in [1.165, 1.54) is 31.0 Å². The second-order valence-corrected chi connectivity index (χ2v) is 7.04. The molecule has 0 atom stereocenters. The summed E-state index contributed by atoms with van der Waals surface area (Å²) in [4.78, 5) is 14.4. The fourth-order valence-electron chi connectivity index (χ4n) is 2.95. The maximum atomic E-state index is 12.2. The first-order valence-electron chi connectivity index (χ1n) is 9.38. The van der Waals surface area contributed by atoms with Crippen LogP contribution >= 0.6 is 0 Å². The Morgan fingerprint density at radius 1 is 1.26 bits per heavy atom. The van der Waals surface area contributed by atoms with Crippen LogP contribution in [0.2, 0.25) is 0 Å². The third-order valence-electron chi connectivity index (χ3n) is 4.56. The molecule has 0 spiro atoms. The van der Waals surface area contributed by atoms with Gasteiger partial charge in [0.25, 0.3) is 0 Å². The van der Waals surface area contributed by atoms with Crippen LogP contribution in [0.5, 0.6) is 5.75 Å². The molecular formula is C19H28F3N3O2. The Morgan fingerprint density at radius 3 is 2.70 bits per heavy atom. The molecule has 0 radical (unpaired) electrons. The average Bonchev–Trinajstić information content (AvgIpc) is 2.61. The minimum Gasteiger partial charge on any atom is -0.484 e. The van der Waals surface area contributed by atoms with Gasteiger partial charge < -0.3 is 20.3 Å². The normalized spacial score (nSPS) is 16.1. The number of halogens is 3. The van der Waals surface area contributed by atoms with E-state index in [-0.39, 0.29) is 11.8 Å². The van der Waals surface area contributed by atoms with Gasteiger partial charge in [-0.15, -0.1) is 0 Å². The van der Waals surface area contributed by atoms with E-state index < -0.39 is 12.8 Å². The van der Waals surface area contributed by atoms with Crippen LogP contribution in [0.4, 0.5) is 23.7 Å². The number of hydrogen-bond donors (Lipinski definition) is 2. The SMILES string of the molecule is CC1CCN(CCCCNC(=O)Nc2cccc(OCC(F)(F)F)c2)CC1. The van der Waals surface area contributed by atoms with E-state index in [2.05, 4.69) is 27.2 Å². The topological polar surface area (TPSA) is 53.6 Å². The first-order valence-corrected chi connectivity index (χ1v) is 9.38. The number of ether oxygens (including phenoxy) is 1. The van der Waals surface area contributed by atoms with Crippen molar-refractivity contribution in [2.75, 3.05) is 38.1 Å². The smallest absolute Gasteiger partial charge is 0.422 e. The standard InChI is InChI=1S/C19H28F3N3O2/c1-15-7-11-25(12-8-15)10-3-2-9-23-18(26)24-16-5-4-6-17(13-16)27-14-19(20,21)22/h4-6,13,15H,2-3,7-12,14H2,1H3,(H2,23,24,26). The Kier molecular flexibility index (Phi) is 8.22. The summed E-state index contributed by atoms with van der Waals surface area (Å²) in [5.74, 6) is 0.880. The van der Waals surface area contributed by atoms with Crippen LogP contribution in [0.3, 0.4) is 0 Å². The van der Waals surface area contributed by atoms with E-state index in [0.717, 1.165) is 38.4 Å². The molecule has 1 saturated heterocycles. The van der Waals surface area contributed by atoms with Crippen molar-refractivity contribution in [1.82, 2.24) is 10.2 Å². The number of hydrogen-bond acceptors (Lipinski definition) is 3. The summed E-state index contributed by atoms with van der Waals surface area (Å²) >= 11 is 0. The predicted octanol–water partition coefficient (Wildman–Crippen LogP) is 4.26. The number of carbonyl (C=O) groups is 1. The monoisotopic (exact) mass is 387 g/mol. The van der Waals surface area contributed by atoms with Crippen LogP contribution in [-0.2, 0) is 0 Å². The van der Waals surface area contributed by atoms with Gasteiger partial charge in [-0.25, -0.2) is 4.79 Å². The molecule has 8 heteroatoms.